The first-order valence-electron chi connectivity index (χ1n) is 18.4. The highest BCUT2D eigenvalue weighted by Gasteiger charge is 2.17. The number of fused-ring (bicyclic) bond motifs is 4. The fraction of sp³-hybridized carbons (Fsp3) is 0. The van der Waals surface area contributed by atoms with E-state index >= 15 is 0 Å². The van der Waals surface area contributed by atoms with E-state index in [0.29, 0.717) is 0 Å². The predicted octanol–water partition coefficient (Wildman–Crippen LogP) is 15.3. The quantitative estimate of drug-likeness (QED) is 0.160. The normalized spacial score (nSPS) is 11.3. The first kappa shape index (κ1) is 32.0. The van der Waals surface area contributed by atoms with E-state index in [1.807, 2.05) is 11.3 Å². The van der Waals surface area contributed by atoms with Crippen molar-refractivity contribution < 1.29 is 0 Å². The molecule has 0 N–H and O–H groups in total. The van der Waals surface area contributed by atoms with Crippen LogP contribution in [0, 0.1) is 0 Å². The van der Waals surface area contributed by atoms with Gasteiger partial charge in [0.25, 0.3) is 0 Å². The highest BCUT2D eigenvalue weighted by Crippen LogP contribution is 2.42. The highest BCUT2D eigenvalue weighted by molar-refractivity contribution is 7.25. The Labute approximate surface area is 319 Å². The average Bonchev–Trinajstić information content (AvgIpc) is 3.63. The van der Waals surface area contributed by atoms with Crippen LogP contribution in [0.15, 0.2) is 212 Å². The summed E-state index contributed by atoms with van der Waals surface area (Å²) in [6, 6.07) is 77.3. The van der Waals surface area contributed by atoms with Gasteiger partial charge in [0.05, 0.1) is 0 Å². The molecule has 10 rings (SSSR count). The minimum absolute atomic E-state index is 1.10. The molecule has 0 radical (unpaired) electrons. The topological polar surface area (TPSA) is 3.24 Å². The van der Waals surface area contributed by atoms with Crippen LogP contribution in [0.2, 0.25) is 0 Å². The van der Waals surface area contributed by atoms with E-state index in [2.05, 4.69) is 217 Å². The molecule has 0 unspecified atom stereocenters. The summed E-state index contributed by atoms with van der Waals surface area (Å²) in [4.78, 5) is 2.41. The summed E-state index contributed by atoms with van der Waals surface area (Å²) in [6.45, 7) is 0. The Morgan fingerprint density at radius 3 is 1.56 bits per heavy atom. The summed E-state index contributed by atoms with van der Waals surface area (Å²) in [6.07, 6.45) is 0. The van der Waals surface area contributed by atoms with Gasteiger partial charge in [-0.1, -0.05) is 146 Å². The summed E-state index contributed by atoms with van der Waals surface area (Å²) in [5, 5.41) is 5.12. The molecule has 2 heteroatoms. The van der Waals surface area contributed by atoms with Gasteiger partial charge >= 0.3 is 0 Å². The van der Waals surface area contributed by atoms with Crippen molar-refractivity contribution >= 4 is 59.3 Å². The third-order valence-corrected chi connectivity index (χ3v) is 11.6. The van der Waals surface area contributed by atoms with Crippen molar-refractivity contribution in [2.45, 2.75) is 0 Å². The van der Waals surface area contributed by atoms with Crippen LogP contribution in [-0.4, -0.2) is 0 Å². The molecule has 1 nitrogen and oxygen atoms in total. The Morgan fingerprint density at radius 1 is 0.259 bits per heavy atom. The maximum atomic E-state index is 2.41. The van der Waals surface area contributed by atoms with Crippen LogP contribution in [0.3, 0.4) is 0 Å². The second kappa shape index (κ2) is 13.7. The van der Waals surface area contributed by atoms with E-state index < -0.39 is 0 Å². The molecule has 0 spiro atoms. The van der Waals surface area contributed by atoms with Gasteiger partial charge in [-0.05, 0) is 122 Å². The lowest BCUT2D eigenvalue weighted by Crippen LogP contribution is -2.10. The number of hydrogen-bond donors (Lipinski definition) is 0. The molecule has 0 atom stereocenters. The second-order valence-electron chi connectivity index (χ2n) is 13.8. The summed E-state index contributed by atoms with van der Waals surface area (Å²) >= 11 is 1.86. The molecular formula is C52H35NS. The molecule has 0 aliphatic carbocycles. The van der Waals surface area contributed by atoms with Crippen LogP contribution < -0.4 is 4.90 Å². The van der Waals surface area contributed by atoms with Crippen molar-refractivity contribution in [3.05, 3.63) is 212 Å². The molecule has 0 amide bonds. The Bertz CT molecular complexity index is 2870. The fourth-order valence-corrected chi connectivity index (χ4v) is 8.77. The van der Waals surface area contributed by atoms with E-state index in [1.165, 1.54) is 75.5 Å². The van der Waals surface area contributed by atoms with Gasteiger partial charge in [-0.15, -0.1) is 11.3 Å². The van der Waals surface area contributed by atoms with Crippen molar-refractivity contribution in [3.8, 4) is 44.5 Å². The zero-order valence-corrected chi connectivity index (χ0v) is 30.4. The third-order valence-electron chi connectivity index (χ3n) is 10.4. The van der Waals surface area contributed by atoms with Gasteiger partial charge in [-0.25, -0.2) is 0 Å². The molecule has 10 aromatic rings. The molecule has 0 saturated carbocycles. The lowest BCUT2D eigenvalue weighted by molar-refractivity contribution is 1.28. The predicted molar refractivity (Wildman–Crippen MR) is 233 cm³/mol. The van der Waals surface area contributed by atoms with E-state index in [0.717, 1.165) is 17.1 Å². The van der Waals surface area contributed by atoms with Crippen LogP contribution >= 0.6 is 11.3 Å². The first-order chi connectivity index (χ1) is 26.7. The third kappa shape index (κ3) is 6.03. The molecule has 0 saturated heterocycles. The van der Waals surface area contributed by atoms with Gasteiger partial charge in [-0.3, -0.25) is 0 Å². The lowest BCUT2D eigenvalue weighted by Gasteiger charge is -2.27. The van der Waals surface area contributed by atoms with Gasteiger partial charge in [0, 0.05) is 37.2 Å². The Morgan fingerprint density at radius 2 is 0.796 bits per heavy atom. The zero-order valence-electron chi connectivity index (χ0n) is 29.6. The van der Waals surface area contributed by atoms with Crippen LogP contribution in [0.1, 0.15) is 0 Å². The van der Waals surface area contributed by atoms with Crippen LogP contribution in [-0.2, 0) is 0 Å². The van der Waals surface area contributed by atoms with Gasteiger partial charge in [0.1, 0.15) is 0 Å². The SMILES string of the molecule is c1ccc(-c2cc(-c3ccccc3)cc(N(c3ccc(-c4ccc5sc6ccccc6c5c4)cc3)c3cccc(-c4ccc5ccccc5c4)c3)c2)cc1. The zero-order chi connectivity index (χ0) is 35.8. The fourth-order valence-electron chi connectivity index (χ4n) is 7.68. The van der Waals surface area contributed by atoms with Crippen molar-refractivity contribution in [2.24, 2.45) is 0 Å². The van der Waals surface area contributed by atoms with Crippen molar-refractivity contribution in [2.75, 3.05) is 4.90 Å². The van der Waals surface area contributed by atoms with Gasteiger partial charge < -0.3 is 4.90 Å². The van der Waals surface area contributed by atoms with Gasteiger partial charge in [0.15, 0.2) is 0 Å². The molecule has 0 bridgehead atoms. The summed E-state index contributed by atoms with van der Waals surface area (Å²) in [5.41, 5.74) is 12.8. The highest BCUT2D eigenvalue weighted by atomic mass is 32.1. The van der Waals surface area contributed by atoms with E-state index in [1.54, 1.807) is 0 Å². The summed E-state index contributed by atoms with van der Waals surface area (Å²) < 4.78 is 2.65. The standard InChI is InChI=1S/C52H35NS/c1-3-12-36(13-4-1)44-31-45(37-14-5-2-6-15-37)34-48(33-44)53(47-19-11-18-41(32-47)42-23-22-38-16-7-8-17-40(38)30-42)46-27-24-39(25-28-46)43-26-29-52-50(35-43)49-20-9-10-21-51(49)54-52/h1-35H. The molecule has 9 aromatic carbocycles. The molecule has 254 valence electrons. The smallest absolute Gasteiger partial charge is 0.0473 e. The van der Waals surface area contributed by atoms with Crippen LogP contribution in [0.5, 0.6) is 0 Å². The Hall–Kier alpha value is -6.74. The second-order valence-corrected chi connectivity index (χ2v) is 14.9. The number of nitrogens with zero attached hydrogens (tertiary/aromatic N) is 1. The van der Waals surface area contributed by atoms with Crippen LogP contribution in [0.25, 0.3) is 75.5 Å². The number of benzene rings is 9. The number of thiophene rings is 1. The maximum absolute atomic E-state index is 2.41. The monoisotopic (exact) mass is 705 g/mol. The molecule has 0 fully saturated rings. The van der Waals surface area contributed by atoms with E-state index in [-0.39, 0.29) is 0 Å². The first-order valence-corrected chi connectivity index (χ1v) is 19.2. The molecule has 0 aliphatic rings. The van der Waals surface area contributed by atoms with Gasteiger partial charge in [-0.2, -0.15) is 0 Å². The Kier molecular flexibility index (Phi) is 8.09. The van der Waals surface area contributed by atoms with E-state index in [4.69, 9.17) is 0 Å². The molecular weight excluding hydrogens is 671 g/mol. The largest absolute Gasteiger partial charge is 0.310 e. The maximum Gasteiger partial charge on any atom is 0.0473 e. The molecule has 1 heterocycles. The van der Waals surface area contributed by atoms with Crippen molar-refractivity contribution in [1.29, 1.82) is 0 Å². The van der Waals surface area contributed by atoms with Crippen LogP contribution in [0.4, 0.5) is 17.1 Å². The molecule has 1 aromatic heterocycles. The molecule has 54 heavy (non-hydrogen) atoms. The summed E-state index contributed by atoms with van der Waals surface area (Å²) in [7, 11) is 0. The minimum Gasteiger partial charge on any atom is -0.310 e. The lowest BCUT2D eigenvalue weighted by atomic mass is 9.96. The number of rotatable bonds is 7. The Balaban J connectivity index is 1.13. The average molecular weight is 706 g/mol. The number of anilines is 3. The molecule has 0 aliphatic heterocycles. The van der Waals surface area contributed by atoms with Crippen molar-refractivity contribution in [3.63, 3.8) is 0 Å². The van der Waals surface area contributed by atoms with Crippen molar-refractivity contribution in [1.82, 2.24) is 0 Å². The number of hydrogen-bond acceptors (Lipinski definition) is 2. The van der Waals surface area contributed by atoms with E-state index in [9.17, 15) is 0 Å². The minimum atomic E-state index is 1.10. The summed E-state index contributed by atoms with van der Waals surface area (Å²) in [5.74, 6) is 0. The van der Waals surface area contributed by atoms with Gasteiger partial charge in [0.2, 0.25) is 0 Å².